The maximum Gasteiger partial charge on any atom is 0.161 e. The molecule has 0 aliphatic rings. The van der Waals surface area contributed by atoms with Crippen molar-refractivity contribution in [2.45, 2.75) is 6.16 Å². The Kier molecular flexibility index (Phi) is 8.38. The lowest BCUT2D eigenvalue weighted by atomic mass is 10.2. The molecule has 0 fully saturated rings. The Bertz CT molecular complexity index is 1060. The maximum atomic E-state index is 5.93. The van der Waals surface area contributed by atoms with Crippen LogP contribution in [-0.2, 0) is 6.16 Å². The molecule has 33 heavy (non-hydrogen) atoms. The molecule has 0 spiro atoms. The summed E-state index contributed by atoms with van der Waals surface area (Å²) in [5.74, 6) is 2.61. The summed E-state index contributed by atoms with van der Waals surface area (Å²) in [5.41, 5.74) is 1.25. The van der Waals surface area contributed by atoms with Gasteiger partial charge in [0.1, 0.15) is 23.2 Å². The van der Waals surface area contributed by atoms with Gasteiger partial charge in [-0.25, -0.2) is 0 Å². The largest absolute Gasteiger partial charge is 1.00 e. The van der Waals surface area contributed by atoms with Crippen LogP contribution in [-0.4, -0.2) is 21.3 Å². The van der Waals surface area contributed by atoms with Crippen LogP contribution in [0.1, 0.15) is 5.56 Å². The molecule has 0 radical (unpaired) electrons. The van der Waals surface area contributed by atoms with E-state index in [1.54, 1.807) is 21.3 Å². The fourth-order valence-electron chi connectivity index (χ4n) is 4.34. The summed E-state index contributed by atoms with van der Waals surface area (Å²) in [4.78, 5) is 0. The predicted molar refractivity (Wildman–Crippen MR) is 135 cm³/mol. The van der Waals surface area contributed by atoms with E-state index < -0.39 is 7.26 Å². The van der Waals surface area contributed by atoms with Crippen LogP contribution in [0.15, 0.2) is 103 Å². The van der Waals surface area contributed by atoms with Crippen molar-refractivity contribution < 1.29 is 26.6 Å². The number of hydrogen-bond donors (Lipinski definition) is 0. The molecule has 0 aliphatic heterocycles. The molecule has 4 rings (SSSR count). The average Bonchev–Trinajstić information content (AvgIpc) is 2.88. The van der Waals surface area contributed by atoms with Crippen LogP contribution in [0.5, 0.6) is 17.2 Å². The standard InChI is InChI=1S/C28H28O3P.ClH/c1-29-23-15-7-10-18-26(23)32(21-22-13-5-4-6-14-22,27-19-11-8-16-24(27)30-2)28-20-12-9-17-25(28)31-3;/h4-20H,21H2,1-3H3;1H/q+1;/p-1. The molecule has 0 heterocycles. The zero-order valence-corrected chi connectivity index (χ0v) is 20.7. The molecule has 0 unspecified atom stereocenters. The first kappa shape index (κ1) is 24.6. The van der Waals surface area contributed by atoms with E-state index in [2.05, 4.69) is 66.7 Å². The fourth-order valence-corrected chi connectivity index (χ4v) is 9.03. The van der Waals surface area contributed by atoms with Crippen molar-refractivity contribution in [1.29, 1.82) is 0 Å². The molecule has 4 aromatic carbocycles. The van der Waals surface area contributed by atoms with E-state index in [1.165, 1.54) is 21.5 Å². The molecule has 3 nitrogen and oxygen atoms in total. The van der Waals surface area contributed by atoms with Crippen LogP contribution in [0.4, 0.5) is 0 Å². The Morgan fingerprint density at radius 1 is 0.485 bits per heavy atom. The monoisotopic (exact) mass is 478 g/mol. The van der Waals surface area contributed by atoms with E-state index in [0.29, 0.717) is 0 Å². The third-order valence-corrected chi connectivity index (χ3v) is 10.2. The Morgan fingerprint density at radius 3 is 1.18 bits per heavy atom. The lowest BCUT2D eigenvalue weighted by Crippen LogP contribution is -3.00. The van der Waals surface area contributed by atoms with Gasteiger partial charge in [-0.3, -0.25) is 0 Å². The lowest BCUT2D eigenvalue weighted by Gasteiger charge is -2.30. The molecule has 0 saturated carbocycles. The van der Waals surface area contributed by atoms with Gasteiger partial charge in [0.25, 0.3) is 0 Å². The molecule has 0 aromatic heterocycles. The number of para-hydroxylation sites is 3. The highest BCUT2D eigenvalue weighted by Gasteiger charge is 2.51. The van der Waals surface area contributed by atoms with Crippen molar-refractivity contribution >= 4 is 23.2 Å². The summed E-state index contributed by atoms with van der Waals surface area (Å²) < 4.78 is 17.8. The number of halogens is 1. The van der Waals surface area contributed by atoms with Gasteiger partial charge in [-0.2, -0.15) is 0 Å². The Labute approximate surface area is 203 Å². The second-order valence-electron chi connectivity index (χ2n) is 7.47. The third kappa shape index (κ3) is 4.71. The third-order valence-electron chi connectivity index (χ3n) is 5.75. The minimum absolute atomic E-state index is 0. The number of methoxy groups -OCH3 is 3. The van der Waals surface area contributed by atoms with Gasteiger partial charge in [0.05, 0.1) is 27.5 Å². The van der Waals surface area contributed by atoms with Gasteiger partial charge in [0, 0.05) is 0 Å². The van der Waals surface area contributed by atoms with Gasteiger partial charge in [-0.05, 0) is 42.0 Å². The molecule has 0 N–H and O–H groups in total. The lowest BCUT2D eigenvalue weighted by molar-refractivity contribution is -0.00000721. The first-order chi connectivity index (χ1) is 15.7. The summed E-state index contributed by atoms with van der Waals surface area (Å²) in [5, 5.41) is 3.50. The summed E-state index contributed by atoms with van der Waals surface area (Å²) in [6.07, 6.45) is 0.814. The van der Waals surface area contributed by atoms with Crippen molar-refractivity contribution in [3.63, 3.8) is 0 Å². The van der Waals surface area contributed by atoms with Gasteiger partial charge in [-0.1, -0.05) is 66.7 Å². The van der Waals surface area contributed by atoms with Crippen molar-refractivity contribution in [3.05, 3.63) is 109 Å². The number of hydrogen-bond acceptors (Lipinski definition) is 3. The van der Waals surface area contributed by atoms with Crippen LogP contribution in [0, 0.1) is 0 Å². The van der Waals surface area contributed by atoms with E-state index in [4.69, 9.17) is 14.2 Å². The molecule has 4 aromatic rings. The van der Waals surface area contributed by atoms with Crippen LogP contribution >= 0.6 is 7.26 Å². The molecule has 0 atom stereocenters. The molecule has 0 saturated heterocycles. The molecule has 0 amide bonds. The Balaban J connectivity index is 0.00000306. The molecular weight excluding hydrogens is 451 g/mol. The summed E-state index contributed by atoms with van der Waals surface area (Å²) in [6, 6.07) is 35.6. The first-order valence-electron chi connectivity index (χ1n) is 10.6. The van der Waals surface area contributed by atoms with Gasteiger partial charge in [-0.15, -0.1) is 0 Å². The summed E-state index contributed by atoms with van der Waals surface area (Å²) in [7, 11) is 2.90. The highest BCUT2D eigenvalue weighted by atomic mass is 35.5. The van der Waals surface area contributed by atoms with Crippen molar-refractivity contribution in [1.82, 2.24) is 0 Å². The number of rotatable bonds is 8. The number of benzene rings is 4. The van der Waals surface area contributed by atoms with Crippen molar-refractivity contribution in [3.8, 4) is 17.2 Å². The number of ether oxygens (including phenoxy) is 3. The second-order valence-corrected chi connectivity index (χ2v) is 10.9. The van der Waals surface area contributed by atoms with Gasteiger partial charge >= 0.3 is 0 Å². The quantitative estimate of drug-likeness (QED) is 0.363. The zero-order valence-electron chi connectivity index (χ0n) is 19.1. The van der Waals surface area contributed by atoms with Gasteiger partial charge < -0.3 is 26.6 Å². The topological polar surface area (TPSA) is 27.7 Å². The van der Waals surface area contributed by atoms with E-state index in [1.807, 2.05) is 36.4 Å². The summed E-state index contributed by atoms with van der Waals surface area (Å²) in [6.45, 7) is 0. The summed E-state index contributed by atoms with van der Waals surface area (Å²) >= 11 is 0. The van der Waals surface area contributed by atoms with E-state index in [9.17, 15) is 0 Å². The van der Waals surface area contributed by atoms with E-state index in [-0.39, 0.29) is 12.4 Å². The molecular formula is C28H28ClO3P. The zero-order chi connectivity index (χ0) is 22.4. The van der Waals surface area contributed by atoms with Crippen LogP contribution in [0.3, 0.4) is 0 Å². The minimum Gasteiger partial charge on any atom is -1.00 e. The average molecular weight is 479 g/mol. The predicted octanol–water partition coefficient (Wildman–Crippen LogP) is 2.21. The minimum atomic E-state index is -2.31. The molecule has 170 valence electrons. The normalized spacial score (nSPS) is 10.8. The Morgan fingerprint density at radius 2 is 0.818 bits per heavy atom. The van der Waals surface area contributed by atoms with Crippen molar-refractivity contribution in [2.75, 3.05) is 21.3 Å². The molecule has 0 aliphatic carbocycles. The highest BCUT2D eigenvalue weighted by molar-refractivity contribution is 7.95. The first-order valence-corrected chi connectivity index (χ1v) is 12.5. The maximum absolute atomic E-state index is 5.93. The van der Waals surface area contributed by atoms with Crippen LogP contribution in [0.2, 0.25) is 0 Å². The van der Waals surface area contributed by atoms with Gasteiger partial charge in [0.15, 0.2) is 17.2 Å². The van der Waals surface area contributed by atoms with Crippen LogP contribution < -0.4 is 42.5 Å². The Hall–Kier alpha value is -3.00. The van der Waals surface area contributed by atoms with Crippen molar-refractivity contribution in [2.24, 2.45) is 0 Å². The van der Waals surface area contributed by atoms with E-state index in [0.717, 1.165) is 23.4 Å². The molecule has 0 bridgehead atoms. The molecule has 5 heteroatoms. The van der Waals surface area contributed by atoms with E-state index >= 15 is 0 Å². The highest BCUT2D eigenvalue weighted by Crippen LogP contribution is 2.62. The SMILES string of the molecule is COc1ccccc1[P+](Cc1ccccc1)(c1ccccc1OC)c1ccccc1OC.[Cl-]. The smallest absolute Gasteiger partial charge is 0.161 e. The van der Waals surface area contributed by atoms with Crippen LogP contribution in [0.25, 0.3) is 0 Å². The fraction of sp³-hybridized carbons (Fsp3) is 0.143. The van der Waals surface area contributed by atoms with Gasteiger partial charge in [0.2, 0.25) is 0 Å². The second kappa shape index (κ2) is 11.2.